The van der Waals surface area contributed by atoms with E-state index in [0.717, 1.165) is 35.1 Å². The van der Waals surface area contributed by atoms with E-state index < -0.39 is 0 Å². The molecule has 1 heterocycles. The van der Waals surface area contributed by atoms with E-state index in [-0.39, 0.29) is 5.91 Å². The van der Waals surface area contributed by atoms with Gasteiger partial charge in [0, 0.05) is 16.7 Å². The third-order valence-corrected chi connectivity index (χ3v) is 4.62. The highest BCUT2D eigenvalue weighted by Gasteiger charge is 2.24. The molecule has 22 heavy (non-hydrogen) atoms. The Morgan fingerprint density at radius 1 is 1.23 bits per heavy atom. The Morgan fingerprint density at radius 3 is 2.59 bits per heavy atom. The fraction of sp³-hybridized carbons (Fsp3) is 0.444. The highest BCUT2D eigenvalue weighted by molar-refractivity contribution is 5.99. The van der Waals surface area contributed by atoms with Gasteiger partial charge in [-0.2, -0.15) is 5.10 Å². The van der Waals surface area contributed by atoms with Crippen LogP contribution < -0.4 is 5.43 Å². The zero-order chi connectivity index (χ0) is 15.7. The standard InChI is InChI=1S/C18H22N2O2/c1-11-7-6-8-12(2)16(11)19-20-18(21)17-13(3)14-9-4-5-10-15(14)22-17/h4-5,9-12H,6-8H2,1-3H3,(H,20,21)/t11-,12-/m0/s1. The summed E-state index contributed by atoms with van der Waals surface area (Å²) in [5.74, 6) is 0.939. The number of nitrogens with zero attached hydrogens (tertiary/aromatic N) is 1. The molecular formula is C18H22N2O2. The second-order valence-corrected chi connectivity index (χ2v) is 6.26. The molecule has 116 valence electrons. The predicted molar refractivity (Wildman–Crippen MR) is 88.0 cm³/mol. The first-order chi connectivity index (χ1) is 10.6. The Bertz CT molecular complexity index is 718. The Kier molecular flexibility index (Phi) is 4.01. The van der Waals surface area contributed by atoms with Gasteiger partial charge >= 0.3 is 5.91 Å². The van der Waals surface area contributed by atoms with E-state index in [1.165, 1.54) is 6.42 Å². The number of furan rings is 1. The minimum atomic E-state index is -0.272. The summed E-state index contributed by atoms with van der Waals surface area (Å²) >= 11 is 0. The molecule has 0 saturated heterocycles. The molecule has 1 fully saturated rings. The van der Waals surface area contributed by atoms with E-state index in [1.807, 2.05) is 31.2 Å². The van der Waals surface area contributed by atoms with Gasteiger partial charge in [-0.1, -0.05) is 38.5 Å². The maximum Gasteiger partial charge on any atom is 0.307 e. The van der Waals surface area contributed by atoms with E-state index in [0.29, 0.717) is 17.6 Å². The lowest BCUT2D eigenvalue weighted by Crippen LogP contribution is -2.29. The van der Waals surface area contributed by atoms with Gasteiger partial charge in [0.2, 0.25) is 0 Å². The van der Waals surface area contributed by atoms with Crippen LogP contribution in [0, 0.1) is 18.8 Å². The Labute approximate surface area is 130 Å². The van der Waals surface area contributed by atoms with Crippen molar-refractivity contribution < 1.29 is 9.21 Å². The number of carbonyl (C=O) groups is 1. The fourth-order valence-corrected chi connectivity index (χ4v) is 3.29. The number of para-hydroxylation sites is 1. The number of rotatable bonds is 2. The Morgan fingerprint density at radius 2 is 1.91 bits per heavy atom. The second-order valence-electron chi connectivity index (χ2n) is 6.26. The third kappa shape index (κ3) is 2.65. The lowest BCUT2D eigenvalue weighted by atomic mass is 9.81. The van der Waals surface area contributed by atoms with E-state index in [4.69, 9.17) is 4.42 Å². The summed E-state index contributed by atoms with van der Waals surface area (Å²) < 4.78 is 5.67. The van der Waals surface area contributed by atoms with Crippen LogP contribution in [0.5, 0.6) is 0 Å². The number of hydrogen-bond donors (Lipinski definition) is 1. The van der Waals surface area contributed by atoms with Crippen LogP contribution >= 0.6 is 0 Å². The fourth-order valence-electron chi connectivity index (χ4n) is 3.29. The third-order valence-electron chi connectivity index (χ3n) is 4.62. The van der Waals surface area contributed by atoms with Crippen LogP contribution in [-0.4, -0.2) is 11.6 Å². The van der Waals surface area contributed by atoms with Crippen molar-refractivity contribution in [2.75, 3.05) is 0 Å². The highest BCUT2D eigenvalue weighted by Crippen LogP contribution is 2.27. The summed E-state index contributed by atoms with van der Waals surface area (Å²) in [6.45, 7) is 6.25. The predicted octanol–water partition coefficient (Wildman–Crippen LogP) is 4.28. The summed E-state index contributed by atoms with van der Waals surface area (Å²) in [6, 6.07) is 7.68. The smallest absolute Gasteiger partial charge is 0.307 e. The van der Waals surface area contributed by atoms with Crippen LogP contribution in [-0.2, 0) is 0 Å². The van der Waals surface area contributed by atoms with Gasteiger partial charge in [-0.05, 0) is 37.7 Å². The molecule has 1 amide bonds. The minimum Gasteiger partial charge on any atom is -0.451 e. The van der Waals surface area contributed by atoms with Crippen molar-refractivity contribution in [2.24, 2.45) is 16.9 Å². The number of carbonyl (C=O) groups excluding carboxylic acids is 1. The van der Waals surface area contributed by atoms with Gasteiger partial charge in [-0.15, -0.1) is 0 Å². The first-order valence-electron chi connectivity index (χ1n) is 7.94. The lowest BCUT2D eigenvalue weighted by Gasteiger charge is -2.26. The van der Waals surface area contributed by atoms with Crippen LogP contribution in [0.4, 0.5) is 0 Å². The van der Waals surface area contributed by atoms with Crippen molar-refractivity contribution >= 4 is 22.6 Å². The van der Waals surface area contributed by atoms with E-state index in [1.54, 1.807) is 0 Å². The summed E-state index contributed by atoms with van der Waals surface area (Å²) in [6.07, 6.45) is 3.52. The molecule has 1 aromatic heterocycles. The number of hydrogen-bond acceptors (Lipinski definition) is 3. The number of nitrogens with one attached hydrogen (secondary N) is 1. The molecule has 0 unspecified atom stereocenters. The molecule has 1 saturated carbocycles. The molecule has 4 heteroatoms. The van der Waals surface area contributed by atoms with Gasteiger partial charge in [0.05, 0.1) is 0 Å². The van der Waals surface area contributed by atoms with E-state index in [9.17, 15) is 4.79 Å². The van der Waals surface area contributed by atoms with Crippen LogP contribution in [0.25, 0.3) is 11.0 Å². The molecule has 2 aromatic rings. The molecule has 1 aliphatic carbocycles. The molecule has 0 bridgehead atoms. The maximum atomic E-state index is 12.4. The largest absolute Gasteiger partial charge is 0.451 e. The number of amides is 1. The maximum absolute atomic E-state index is 12.4. The molecule has 0 aliphatic heterocycles. The summed E-state index contributed by atoms with van der Waals surface area (Å²) in [7, 11) is 0. The van der Waals surface area contributed by atoms with Crippen LogP contribution in [0.3, 0.4) is 0 Å². The van der Waals surface area contributed by atoms with Crippen LogP contribution in [0.15, 0.2) is 33.8 Å². The first-order valence-corrected chi connectivity index (χ1v) is 7.94. The first kappa shape index (κ1) is 14.8. The van der Waals surface area contributed by atoms with Gasteiger partial charge < -0.3 is 4.42 Å². The normalized spacial score (nSPS) is 21.9. The van der Waals surface area contributed by atoms with Gasteiger partial charge in [0.25, 0.3) is 0 Å². The van der Waals surface area contributed by atoms with Crippen molar-refractivity contribution in [3.05, 3.63) is 35.6 Å². The van der Waals surface area contributed by atoms with Crippen molar-refractivity contribution in [2.45, 2.75) is 40.0 Å². The number of benzene rings is 1. The zero-order valence-corrected chi connectivity index (χ0v) is 13.3. The Balaban J connectivity index is 1.83. The van der Waals surface area contributed by atoms with Crippen molar-refractivity contribution in [1.29, 1.82) is 0 Å². The molecule has 2 atom stereocenters. The minimum absolute atomic E-state index is 0.272. The van der Waals surface area contributed by atoms with Gasteiger partial charge in [0.1, 0.15) is 5.58 Å². The molecule has 3 rings (SSSR count). The van der Waals surface area contributed by atoms with Gasteiger partial charge in [-0.25, -0.2) is 5.43 Å². The molecule has 1 N–H and O–H groups in total. The van der Waals surface area contributed by atoms with Crippen molar-refractivity contribution in [3.63, 3.8) is 0 Å². The molecule has 4 nitrogen and oxygen atoms in total. The summed E-state index contributed by atoms with van der Waals surface area (Å²) in [5, 5.41) is 5.36. The topological polar surface area (TPSA) is 54.6 Å². The summed E-state index contributed by atoms with van der Waals surface area (Å²) in [5.41, 5.74) is 5.37. The number of fused-ring (bicyclic) bond motifs is 1. The molecular weight excluding hydrogens is 276 g/mol. The quantitative estimate of drug-likeness (QED) is 0.841. The monoisotopic (exact) mass is 298 g/mol. The lowest BCUT2D eigenvalue weighted by molar-refractivity contribution is 0.0928. The second kappa shape index (κ2) is 5.95. The average Bonchev–Trinajstić information content (AvgIpc) is 2.84. The van der Waals surface area contributed by atoms with E-state index in [2.05, 4.69) is 24.4 Å². The van der Waals surface area contributed by atoms with Crippen molar-refractivity contribution in [3.8, 4) is 0 Å². The number of hydrazone groups is 1. The van der Waals surface area contributed by atoms with Crippen LogP contribution in [0.1, 0.15) is 49.2 Å². The average molecular weight is 298 g/mol. The Hall–Kier alpha value is -2.10. The molecule has 1 aliphatic rings. The van der Waals surface area contributed by atoms with Gasteiger partial charge in [-0.3, -0.25) is 4.79 Å². The molecule has 0 spiro atoms. The SMILES string of the molecule is Cc1c(C(=O)NN=C2[C@@H](C)CCC[C@@H]2C)oc2ccccc12. The van der Waals surface area contributed by atoms with E-state index >= 15 is 0 Å². The number of aryl methyl sites for hydroxylation is 1. The zero-order valence-electron chi connectivity index (χ0n) is 13.3. The summed E-state index contributed by atoms with van der Waals surface area (Å²) in [4.78, 5) is 12.4. The van der Waals surface area contributed by atoms with Crippen LogP contribution in [0.2, 0.25) is 0 Å². The molecule has 0 radical (unpaired) electrons. The van der Waals surface area contributed by atoms with Crippen molar-refractivity contribution in [1.82, 2.24) is 5.43 Å². The van der Waals surface area contributed by atoms with Gasteiger partial charge in [0.15, 0.2) is 5.76 Å². The highest BCUT2D eigenvalue weighted by atomic mass is 16.3. The molecule has 1 aromatic carbocycles.